The van der Waals surface area contributed by atoms with Crippen molar-refractivity contribution in [1.82, 2.24) is 29.8 Å². The van der Waals surface area contributed by atoms with Crippen molar-refractivity contribution in [2.45, 2.75) is 33.0 Å². The molecular formula is C14H14ClF3N6O. The Labute approximate surface area is 145 Å². The Morgan fingerprint density at radius 3 is 2.48 bits per heavy atom. The Balaban J connectivity index is 1.77. The van der Waals surface area contributed by atoms with Crippen LogP contribution in [0.4, 0.5) is 13.2 Å². The number of aryl methyl sites for hydroxylation is 4. The summed E-state index contributed by atoms with van der Waals surface area (Å²) in [6.45, 7) is 4.10. The van der Waals surface area contributed by atoms with Gasteiger partial charge in [0.2, 0.25) is 5.89 Å². The minimum atomic E-state index is -4.53. The van der Waals surface area contributed by atoms with Gasteiger partial charge in [0, 0.05) is 26.1 Å². The minimum Gasteiger partial charge on any atom is -0.419 e. The highest BCUT2D eigenvalue weighted by atomic mass is 35.5. The maximum Gasteiger partial charge on any atom is 0.435 e. The molecule has 0 aliphatic rings. The fourth-order valence-electron chi connectivity index (χ4n) is 2.36. The molecule has 0 bridgehead atoms. The zero-order chi connectivity index (χ0) is 18.4. The molecule has 25 heavy (non-hydrogen) atoms. The topological polar surface area (TPSA) is 74.6 Å². The van der Waals surface area contributed by atoms with Gasteiger partial charge in [0.15, 0.2) is 5.69 Å². The molecule has 0 amide bonds. The van der Waals surface area contributed by atoms with E-state index in [0.717, 1.165) is 22.1 Å². The van der Waals surface area contributed by atoms with Crippen LogP contribution in [0.2, 0.25) is 5.02 Å². The van der Waals surface area contributed by atoms with Crippen LogP contribution in [0.25, 0.3) is 11.6 Å². The van der Waals surface area contributed by atoms with Crippen molar-refractivity contribution in [2.24, 2.45) is 7.05 Å². The molecule has 0 aliphatic heterocycles. The van der Waals surface area contributed by atoms with Crippen LogP contribution in [0, 0.1) is 13.8 Å². The van der Waals surface area contributed by atoms with Crippen molar-refractivity contribution >= 4 is 11.6 Å². The molecule has 0 unspecified atom stereocenters. The van der Waals surface area contributed by atoms with Gasteiger partial charge >= 0.3 is 6.18 Å². The van der Waals surface area contributed by atoms with E-state index in [9.17, 15) is 13.2 Å². The highest BCUT2D eigenvalue weighted by Crippen LogP contribution is 2.31. The monoisotopic (exact) mass is 374 g/mol. The molecule has 0 saturated heterocycles. The number of nitrogens with zero attached hydrogens (tertiary/aromatic N) is 6. The minimum absolute atomic E-state index is 0.0214. The molecule has 0 aromatic carbocycles. The molecule has 0 radical (unpaired) electrons. The molecule has 0 N–H and O–H groups in total. The Morgan fingerprint density at radius 1 is 1.20 bits per heavy atom. The normalized spacial score (nSPS) is 12.1. The van der Waals surface area contributed by atoms with Gasteiger partial charge in [-0.2, -0.15) is 23.4 Å². The van der Waals surface area contributed by atoms with E-state index in [1.807, 2.05) is 6.92 Å². The number of aromatic nitrogens is 6. The molecule has 3 aromatic rings. The van der Waals surface area contributed by atoms with E-state index in [1.54, 1.807) is 11.6 Å². The first-order chi connectivity index (χ1) is 11.7. The lowest BCUT2D eigenvalue weighted by atomic mass is 10.3. The first kappa shape index (κ1) is 17.5. The molecule has 3 heterocycles. The average Bonchev–Trinajstić information content (AvgIpc) is 3.20. The summed E-state index contributed by atoms with van der Waals surface area (Å²) in [5, 5.41) is 16.0. The quantitative estimate of drug-likeness (QED) is 0.701. The number of hydrogen-bond acceptors (Lipinski definition) is 5. The summed E-state index contributed by atoms with van der Waals surface area (Å²) in [4.78, 5) is 0. The Morgan fingerprint density at radius 2 is 1.92 bits per heavy atom. The Kier molecular flexibility index (Phi) is 4.31. The maximum absolute atomic E-state index is 12.7. The van der Waals surface area contributed by atoms with Crippen LogP contribution in [0.15, 0.2) is 10.5 Å². The number of alkyl halides is 3. The zero-order valence-electron chi connectivity index (χ0n) is 13.6. The van der Waals surface area contributed by atoms with Crippen LogP contribution in [0.5, 0.6) is 0 Å². The predicted octanol–water partition coefficient (Wildman–Crippen LogP) is 3.20. The van der Waals surface area contributed by atoms with Crippen LogP contribution in [0.3, 0.4) is 0 Å². The summed E-state index contributed by atoms with van der Waals surface area (Å²) in [7, 11) is 1.38. The first-order valence-corrected chi connectivity index (χ1v) is 7.68. The van der Waals surface area contributed by atoms with Crippen LogP contribution in [0.1, 0.15) is 23.0 Å². The van der Waals surface area contributed by atoms with Crippen molar-refractivity contribution in [3.8, 4) is 11.6 Å². The highest BCUT2D eigenvalue weighted by Gasteiger charge is 2.35. The van der Waals surface area contributed by atoms with E-state index in [0.29, 0.717) is 18.0 Å². The van der Waals surface area contributed by atoms with Gasteiger partial charge in [-0.15, -0.1) is 10.2 Å². The van der Waals surface area contributed by atoms with Gasteiger partial charge < -0.3 is 4.42 Å². The third kappa shape index (κ3) is 3.39. The van der Waals surface area contributed by atoms with E-state index in [2.05, 4.69) is 20.4 Å². The van der Waals surface area contributed by atoms with Crippen LogP contribution in [-0.2, 0) is 26.2 Å². The van der Waals surface area contributed by atoms with Crippen molar-refractivity contribution in [3.63, 3.8) is 0 Å². The van der Waals surface area contributed by atoms with Gasteiger partial charge in [-0.05, 0) is 13.8 Å². The molecule has 0 atom stereocenters. The largest absolute Gasteiger partial charge is 0.435 e. The van der Waals surface area contributed by atoms with Crippen LogP contribution >= 0.6 is 11.6 Å². The Bertz CT molecular complexity index is 910. The molecule has 134 valence electrons. The van der Waals surface area contributed by atoms with Gasteiger partial charge in [-0.3, -0.25) is 9.36 Å². The van der Waals surface area contributed by atoms with Gasteiger partial charge in [0.25, 0.3) is 5.89 Å². The lowest BCUT2D eigenvalue weighted by Gasteiger charge is -2.01. The van der Waals surface area contributed by atoms with Gasteiger partial charge in [-0.25, -0.2) is 0 Å². The van der Waals surface area contributed by atoms with Crippen molar-refractivity contribution in [3.05, 3.63) is 34.1 Å². The molecule has 0 aliphatic carbocycles. The zero-order valence-corrected chi connectivity index (χ0v) is 14.4. The fraction of sp³-hybridized carbons (Fsp3) is 0.429. The van der Waals surface area contributed by atoms with Gasteiger partial charge in [0.1, 0.15) is 5.69 Å². The summed E-state index contributed by atoms with van der Waals surface area (Å²) in [6.07, 6.45) is -4.16. The van der Waals surface area contributed by atoms with E-state index in [-0.39, 0.29) is 17.5 Å². The van der Waals surface area contributed by atoms with Crippen molar-refractivity contribution in [2.75, 3.05) is 0 Å². The molecule has 3 aromatic heterocycles. The number of halogens is 4. The fourth-order valence-corrected chi connectivity index (χ4v) is 2.49. The van der Waals surface area contributed by atoms with E-state index in [4.69, 9.17) is 16.0 Å². The molecule has 0 fully saturated rings. The molecular weight excluding hydrogens is 361 g/mol. The maximum atomic E-state index is 12.7. The summed E-state index contributed by atoms with van der Waals surface area (Å²) in [5.74, 6) is 0.264. The molecule has 7 nitrogen and oxygen atoms in total. The summed E-state index contributed by atoms with van der Waals surface area (Å²) in [5.41, 5.74) is 0.627. The van der Waals surface area contributed by atoms with Gasteiger partial charge in [-0.1, -0.05) is 11.6 Å². The van der Waals surface area contributed by atoms with Crippen molar-refractivity contribution < 1.29 is 17.6 Å². The third-order valence-electron chi connectivity index (χ3n) is 3.69. The first-order valence-electron chi connectivity index (χ1n) is 7.30. The average molecular weight is 375 g/mol. The van der Waals surface area contributed by atoms with Crippen LogP contribution < -0.4 is 0 Å². The lowest BCUT2D eigenvalue weighted by molar-refractivity contribution is -0.141. The van der Waals surface area contributed by atoms with Crippen LogP contribution in [-0.4, -0.2) is 29.8 Å². The molecule has 0 spiro atoms. The second kappa shape index (κ2) is 6.17. The SMILES string of the molecule is Cc1nn(CCc2nnc(-c3cc(C(F)(F)F)nn3C)o2)c(C)c1Cl. The third-order valence-corrected chi connectivity index (χ3v) is 4.23. The summed E-state index contributed by atoms with van der Waals surface area (Å²) >= 11 is 6.08. The lowest BCUT2D eigenvalue weighted by Crippen LogP contribution is -2.06. The molecule has 3 rings (SSSR count). The van der Waals surface area contributed by atoms with E-state index < -0.39 is 11.9 Å². The Hall–Kier alpha value is -2.36. The number of hydrogen-bond donors (Lipinski definition) is 0. The predicted molar refractivity (Wildman–Crippen MR) is 81.9 cm³/mol. The second-order valence-corrected chi connectivity index (χ2v) is 5.87. The summed E-state index contributed by atoms with van der Waals surface area (Å²) in [6, 6.07) is 0.873. The molecule has 0 saturated carbocycles. The van der Waals surface area contributed by atoms with Crippen molar-refractivity contribution in [1.29, 1.82) is 0 Å². The van der Waals surface area contributed by atoms with Gasteiger partial charge in [0.05, 0.1) is 16.4 Å². The van der Waals surface area contributed by atoms with E-state index in [1.165, 1.54) is 7.05 Å². The second-order valence-electron chi connectivity index (χ2n) is 5.50. The summed E-state index contributed by atoms with van der Waals surface area (Å²) < 4.78 is 46.4. The highest BCUT2D eigenvalue weighted by molar-refractivity contribution is 6.31. The van der Waals surface area contributed by atoms with E-state index >= 15 is 0 Å². The number of rotatable bonds is 4. The smallest absolute Gasteiger partial charge is 0.419 e. The standard InChI is InChI=1S/C14H14ClF3N6O/c1-7-12(15)8(2)24(21-7)5-4-11-19-20-13(25-11)9-6-10(14(16,17)18)22-23(9)3/h6H,4-5H2,1-3H3. The molecule has 11 heteroatoms.